The highest BCUT2D eigenvalue weighted by Gasteiger charge is 2.30. The van der Waals surface area contributed by atoms with Crippen molar-refractivity contribution in [3.05, 3.63) is 46.6 Å². The fourth-order valence-corrected chi connectivity index (χ4v) is 2.75. The molecule has 0 saturated heterocycles. The Morgan fingerprint density at radius 2 is 2.22 bits per heavy atom. The van der Waals surface area contributed by atoms with Crippen molar-refractivity contribution in [2.75, 3.05) is 0 Å². The normalized spacial score (nSPS) is 14.8. The van der Waals surface area contributed by atoms with Crippen molar-refractivity contribution in [3.8, 4) is 11.5 Å². The van der Waals surface area contributed by atoms with Crippen LogP contribution in [0, 0.1) is 5.82 Å². The van der Waals surface area contributed by atoms with Gasteiger partial charge in [0.25, 0.3) is 5.56 Å². The average molecular weight is 311 g/mol. The van der Waals surface area contributed by atoms with E-state index in [-0.39, 0.29) is 5.39 Å². The van der Waals surface area contributed by atoms with Crippen LogP contribution in [0.3, 0.4) is 0 Å². The Labute approximate surface area is 127 Å². The number of nitrogens with one attached hydrogen (secondary N) is 1. The van der Waals surface area contributed by atoms with Crippen LogP contribution in [0.4, 0.5) is 4.39 Å². The van der Waals surface area contributed by atoms with Gasteiger partial charge in [-0.1, -0.05) is 11.2 Å². The number of benzene rings is 1. The molecule has 0 spiro atoms. The predicted molar refractivity (Wildman–Crippen MR) is 78.5 cm³/mol. The highest BCUT2D eigenvalue weighted by molar-refractivity contribution is 5.84. The van der Waals surface area contributed by atoms with Gasteiger partial charge in [0.05, 0.1) is 10.9 Å². The topological polar surface area (TPSA) is 89.1 Å². The van der Waals surface area contributed by atoms with Crippen molar-refractivity contribution in [2.45, 2.75) is 18.8 Å². The Bertz CT molecular complexity index is 1120. The summed E-state index contributed by atoms with van der Waals surface area (Å²) >= 11 is 0. The van der Waals surface area contributed by atoms with Crippen LogP contribution in [0.5, 0.6) is 0 Å². The van der Waals surface area contributed by atoms with Gasteiger partial charge in [0.1, 0.15) is 17.8 Å². The zero-order chi connectivity index (χ0) is 15.6. The lowest BCUT2D eigenvalue weighted by molar-refractivity contribution is 0.380. The second-order valence-corrected chi connectivity index (χ2v) is 5.63. The minimum atomic E-state index is -0.573. The van der Waals surface area contributed by atoms with Gasteiger partial charge in [-0.05, 0) is 25.0 Å². The molecule has 23 heavy (non-hydrogen) atoms. The molecule has 7 nitrogen and oxygen atoms in total. The first-order valence-electron chi connectivity index (χ1n) is 7.24. The number of hydrogen-bond acceptors (Lipinski definition) is 5. The molecule has 0 aliphatic heterocycles. The third-order valence-electron chi connectivity index (χ3n) is 4.06. The quantitative estimate of drug-likeness (QED) is 0.613. The van der Waals surface area contributed by atoms with Gasteiger partial charge in [-0.25, -0.2) is 9.37 Å². The third kappa shape index (κ3) is 1.74. The van der Waals surface area contributed by atoms with E-state index in [1.165, 1.54) is 12.4 Å². The Hall–Kier alpha value is -3.03. The van der Waals surface area contributed by atoms with Crippen LogP contribution >= 0.6 is 0 Å². The first-order chi connectivity index (χ1) is 11.2. The van der Waals surface area contributed by atoms with E-state index in [0.717, 1.165) is 12.8 Å². The van der Waals surface area contributed by atoms with E-state index in [4.69, 9.17) is 4.52 Å². The molecule has 4 aromatic rings. The van der Waals surface area contributed by atoms with E-state index in [2.05, 4.69) is 20.1 Å². The highest BCUT2D eigenvalue weighted by atomic mass is 19.1. The van der Waals surface area contributed by atoms with E-state index < -0.39 is 11.4 Å². The van der Waals surface area contributed by atoms with Crippen LogP contribution in [-0.4, -0.2) is 24.5 Å². The number of rotatable bonds is 2. The summed E-state index contributed by atoms with van der Waals surface area (Å²) in [7, 11) is 0. The number of aromatic amines is 1. The lowest BCUT2D eigenvalue weighted by atomic mass is 10.2. The number of nitrogens with zero attached hydrogens (tertiary/aromatic N) is 4. The summed E-state index contributed by atoms with van der Waals surface area (Å²) in [6.07, 6.45) is 3.61. The van der Waals surface area contributed by atoms with Crippen molar-refractivity contribution >= 4 is 16.6 Å². The van der Waals surface area contributed by atoms with Gasteiger partial charge < -0.3 is 9.51 Å². The summed E-state index contributed by atoms with van der Waals surface area (Å²) in [5.41, 5.74) is 0.742. The molecule has 1 N–H and O–H groups in total. The summed E-state index contributed by atoms with van der Waals surface area (Å²) in [6.45, 7) is 0. The van der Waals surface area contributed by atoms with Crippen LogP contribution < -0.4 is 5.56 Å². The molecule has 114 valence electrons. The molecule has 1 fully saturated rings. The largest absolute Gasteiger partial charge is 0.339 e. The SMILES string of the molecule is O=c1[nH]c2c(-c3noc(C4CC4)n3)ncn2c2cccc(F)c12. The zero-order valence-corrected chi connectivity index (χ0v) is 11.8. The molecule has 0 bridgehead atoms. The minimum absolute atomic E-state index is 0.00395. The van der Waals surface area contributed by atoms with Crippen molar-refractivity contribution in [2.24, 2.45) is 0 Å². The molecule has 0 radical (unpaired) electrons. The summed E-state index contributed by atoms with van der Waals surface area (Å²) < 4.78 is 20.8. The van der Waals surface area contributed by atoms with Crippen molar-refractivity contribution in [1.82, 2.24) is 24.5 Å². The van der Waals surface area contributed by atoms with Crippen LogP contribution in [0.2, 0.25) is 0 Å². The molecular formula is C15H10FN5O2. The van der Waals surface area contributed by atoms with E-state index in [1.54, 1.807) is 16.5 Å². The Balaban J connectivity index is 1.80. The number of imidazole rings is 1. The molecule has 3 heterocycles. The van der Waals surface area contributed by atoms with Gasteiger partial charge in [0.2, 0.25) is 11.7 Å². The molecule has 3 aromatic heterocycles. The monoisotopic (exact) mass is 311 g/mol. The highest BCUT2D eigenvalue weighted by Crippen LogP contribution is 2.39. The van der Waals surface area contributed by atoms with Crippen LogP contribution in [0.15, 0.2) is 33.8 Å². The maximum absolute atomic E-state index is 13.9. The first kappa shape index (κ1) is 12.5. The summed E-state index contributed by atoms with van der Waals surface area (Å²) in [6, 6.07) is 4.47. The van der Waals surface area contributed by atoms with Crippen molar-refractivity contribution in [1.29, 1.82) is 0 Å². The molecule has 1 aromatic carbocycles. The number of halogens is 1. The number of fused-ring (bicyclic) bond motifs is 3. The molecule has 5 rings (SSSR count). The molecule has 0 atom stereocenters. The molecule has 1 saturated carbocycles. The summed E-state index contributed by atoms with van der Waals surface area (Å²) in [4.78, 5) is 23.5. The lowest BCUT2D eigenvalue weighted by Gasteiger charge is -2.02. The average Bonchev–Trinajstić information content (AvgIpc) is 3.12. The second-order valence-electron chi connectivity index (χ2n) is 5.63. The molecular weight excluding hydrogens is 301 g/mol. The van der Waals surface area contributed by atoms with Crippen LogP contribution in [0.25, 0.3) is 28.1 Å². The van der Waals surface area contributed by atoms with Gasteiger partial charge in [-0.2, -0.15) is 4.98 Å². The second kappa shape index (κ2) is 4.25. The van der Waals surface area contributed by atoms with Crippen LogP contribution in [-0.2, 0) is 0 Å². The third-order valence-corrected chi connectivity index (χ3v) is 4.06. The van der Waals surface area contributed by atoms with E-state index in [0.29, 0.717) is 34.5 Å². The van der Waals surface area contributed by atoms with Gasteiger partial charge in [0.15, 0.2) is 5.69 Å². The van der Waals surface area contributed by atoms with Gasteiger partial charge in [-0.3, -0.25) is 9.20 Å². The number of H-pyrrole nitrogens is 1. The maximum Gasteiger partial charge on any atom is 0.261 e. The molecule has 0 unspecified atom stereocenters. The van der Waals surface area contributed by atoms with Crippen molar-refractivity contribution < 1.29 is 8.91 Å². The van der Waals surface area contributed by atoms with E-state index in [1.807, 2.05) is 0 Å². The maximum atomic E-state index is 13.9. The number of aromatic nitrogens is 5. The van der Waals surface area contributed by atoms with Gasteiger partial charge >= 0.3 is 0 Å². The lowest BCUT2D eigenvalue weighted by Crippen LogP contribution is -2.11. The molecule has 1 aliphatic carbocycles. The Morgan fingerprint density at radius 1 is 1.35 bits per heavy atom. The fourth-order valence-electron chi connectivity index (χ4n) is 2.75. The van der Waals surface area contributed by atoms with Gasteiger partial charge in [0, 0.05) is 5.92 Å². The van der Waals surface area contributed by atoms with E-state index in [9.17, 15) is 9.18 Å². The zero-order valence-electron chi connectivity index (χ0n) is 11.8. The van der Waals surface area contributed by atoms with E-state index >= 15 is 0 Å². The number of hydrogen-bond donors (Lipinski definition) is 1. The molecule has 0 amide bonds. The van der Waals surface area contributed by atoms with Gasteiger partial charge in [-0.15, -0.1) is 0 Å². The first-order valence-corrected chi connectivity index (χ1v) is 7.24. The molecule has 1 aliphatic rings. The summed E-state index contributed by atoms with van der Waals surface area (Å²) in [5.74, 6) is 0.673. The summed E-state index contributed by atoms with van der Waals surface area (Å²) in [5, 5.41) is 3.94. The Kier molecular flexibility index (Phi) is 2.31. The standard InChI is InChI=1S/C15H10FN5O2/c16-8-2-1-3-9-10(8)14(22)19-13-11(17-6-21(9)13)12-18-15(23-20-12)7-4-5-7/h1-3,6-7H,4-5H2,(H,19,22). The predicted octanol–water partition coefficient (Wildman–Crippen LogP) is 2.24. The Morgan fingerprint density at radius 3 is 3.04 bits per heavy atom. The fraction of sp³-hybridized carbons (Fsp3) is 0.200. The molecule has 8 heteroatoms. The minimum Gasteiger partial charge on any atom is -0.339 e. The van der Waals surface area contributed by atoms with Crippen LogP contribution in [0.1, 0.15) is 24.7 Å². The van der Waals surface area contributed by atoms with Crippen molar-refractivity contribution in [3.63, 3.8) is 0 Å². The smallest absolute Gasteiger partial charge is 0.261 e.